The normalized spacial score (nSPS) is 11.0. The van der Waals surface area contributed by atoms with Crippen LogP contribution in [0.3, 0.4) is 0 Å². The molecule has 16 heavy (non-hydrogen) atoms. The number of hydrogen-bond acceptors (Lipinski definition) is 2. The lowest BCUT2D eigenvalue weighted by Gasteiger charge is -2.09. The van der Waals surface area contributed by atoms with Crippen LogP contribution in [0.1, 0.15) is 0 Å². The van der Waals surface area contributed by atoms with Crippen molar-refractivity contribution in [2.24, 2.45) is 16.5 Å². The summed E-state index contributed by atoms with van der Waals surface area (Å²) in [6.07, 6.45) is -4.75. The molecular formula is C8H7BrF3N3O. The summed E-state index contributed by atoms with van der Waals surface area (Å²) in [5.74, 6) is -0.652. The van der Waals surface area contributed by atoms with E-state index in [-0.39, 0.29) is 11.6 Å². The number of rotatable bonds is 2. The molecule has 0 saturated carbocycles. The highest BCUT2D eigenvalue weighted by molar-refractivity contribution is 9.10. The van der Waals surface area contributed by atoms with Gasteiger partial charge < -0.3 is 16.2 Å². The second-order valence-corrected chi connectivity index (χ2v) is 3.55. The molecule has 0 spiro atoms. The highest BCUT2D eigenvalue weighted by Gasteiger charge is 2.31. The monoisotopic (exact) mass is 297 g/mol. The third-order valence-corrected chi connectivity index (χ3v) is 2.07. The number of guanidine groups is 1. The van der Waals surface area contributed by atoms with Gasteiger partial charge in [0.25, 0.3) is 0 Å². The van der Waals surface area contributed by atoms with Gasteiger partial charge in [-0.05, 0) is 28.1 Å². The fraction of sp³-hybridized carbons (Fsp3) is 0.125. The van der Waals surface area contributed by atoms with E-state index < -0.39 is 12.1 Å². The number of nitrogens with zero attached hydrogens (tertiary/aromatic N) is 1. The summed E-state index contributed by atoms with van der Waals surface area (Å²) in [6, 6.07) is 3.56. The molecule has 8 heteroatoms. The van der Waals surface area contributed by atoms with E-state index in [1.54, 1.807) is 0 Å². The van der Waals surface area contributed by atoms with Gasteiger partial charge in [0.15, 0.2) is 5.96 Å². The van der Waals surface area contributed by atoms with E-state index in [1.807, 2.05) is 0 Å². The van der Waals surface area contributed by atoms with Gasteiger partial charge in [-0.25, -0.2) is 4.99 Å². The lowest BCUT2D eigenvalue weighted by atomic mass is 10.3. The zero-order chi connectivity index (χ0) is 12.3. The van der Waals surface area contributed by atoms with Crippen LogP contribution < -0.4 is 16.2 Å². The fourth-order valence-electron chi connectivity index (χ4n) is 0.914. The van der Waals surface area contributed by atoms with Crippen molar-refractivity contribution in [3.05, 3.63) is 22.7 Å². The molecule has 4 N–H and O–H groups in total. The van der Waals surface area contributed by atoms with Crippen molar-refractivity contribution >= 4 is 27.6 Å². The predicted molar refractivity (Wildman–Crippen MR) is 56.3 cm³/mol. The minimum absolute atomic E-state index is 0.154. The van der Waals surface area contributed by atoms with Crippen LogP contribution in [-0.4, -0.2) is 12.3 Å². The summed E-state index contributed by atoms with van der Waals surface area (Å²) >= 11 is 3.08. The van der Waals surface area contributed by atoms with Gasteiger partial charge in [-0.15, -0.1) is 13.2 Å². The van der Waals surface area contributed by atoms with Crippen LogP contribution >= 0.6 is 15.9 Å². The van der Waals surface area contributed by atoms with E-state index in [4.69, 9.17) is 11.5 Å². The Morgan fingerprint density at radius 2 is 1.94 bits per heavy atom. The Morgan fingerprint density at radius 1 is 1.31 bits per heavy atom. The Labute approximate surface area is 97.2 Å². The van der Waals surface area contributed by atoms with Crippen LogP contribution in [0.15, 0.2) is 27.7 Å². The maximum Gasteiger partial charge on any atom is 0.573 e. The zero-order valence-corrected chi connectivity index (χ0v) is 9.34. The van der Waals surface area contributed by atoms with Gasteiger partial charge in [0.1, 0.15) is 5.75 Å². The van der Waals surface area contributed by atoms with Gasteiger partial charge in [-0.1, -0.05) is 0 Å². The van der Waals surface area contributed by atoms with Crippen molar-refractivity contribution in [3.63, 3.8) is 0 Å². The first-order chi connectivity index (χ1) is 7.28. The number of hydrogen-bond donors (Lipinski definition) is 2. The number of alkyl halides is 3. The SMILES string of the molecule is NC(N)=Nc1cc(OC(F)(F)F)ccc1Br. The third kappa shape index (κ3) is 3.97. The molecule has 0 unspecified atom stereocenters. The van der Waals surface area contributed by atoms with E-state index in [1.165, 1.54) is 6.07 Å². The van der Waals surface area contributed by atoms with Crippen LogP contribution in [0, 0.1) is 0 Å². The average Bonchev–Trinajstić information content (AvgIpc) is 2.07. The molecule has 0 atom stereocenters. The van der Waals surface area contributed by atoms with Gasteiger partial charge in [0, 0.05) is 10.5 Å². The van der Waals surface area contributed by atoms with Gasteiger partial charge in [0.2, 0.25) is 0 Å². The van der Waals surface area contributed by atoms with E-state index in [0.717, 1.165) is 12.1 Å². The molecule has 1 aromatic carbocycles. The van der Waals surface area contributed by atoms with Crippen LogP contribution in [0.5, 0.6) is 5.75 Å². The smallest absolute Gasteiger partial charge is 0.406 e. The summed E-state index contributed by atoms with van der Waals surface area (Å²) in [4.78, 5) is 3.63. The van der Waals surface area contributed by atoms with Crippen LogP contribution in [0.25, 0.3) is 0 Å². The standard InChI is InChI=1S/C8H7BrF3N3O/c9-5-2-1-4(16-8(10,11)12)3-6(5)15-7(13)14/h1-3H,(H4,13,14,15). The summed E-state index contributed by atoms with van der Waals surface area (Å²) in [5, 5.41) is 0. The quantitative estimate of drug-likeness (QED) is 0.649. The van der Waals surface area contributed by atoms with Gasteiger partial charge in [-0.3, -0.25) is 0 Å². The molecule has 1 rings (SSSR count). The first kappa shape index (κ1) is 12.6. The number of aliphatic imine (C=N–C) groups is 1. The predicted octanol–water partition coefficient (Wildman–Crippen LogP) is 2.25. The van der Waals surface area contributed by atoms with E-state index >= 15 is 0 Å². The maximum atomic E-state index is 11.9. The molecule has 0 fully saturated rings. The minimum Gasteiger partial charge on any atom is -0.406 e. The molecule has 1 aromatic rings. The van der Waals surface area contributed by atoms with Crippen molar-refractivity contribution in [2.75, 3.05) is 0 Å². The fourth-order valence-corrected chi connectivity index (χ4v) is 1.25. The Kier molecular flexibility index (Phi) is 3.63. The molecule has 0 amide bonds. The van der Waals surface area contributed by atoms with E-state index in [2.05, 4.69) is 25.7 Å². The topological polar surface area (TPSA) is 73.6 Å². The summed E-state index contributed by atoms with van der Waals surface area (Å²) in [7, 11) is 0. The van der Waals surface area contributed by atoms with Crippen molar-refractivity contribution in [1.82, 2.24) is 0 Å². The lowest BCUT2D eigenvalue weighted by molar-refractivity contribution is -0.274. The molecular weight excluding hydrogens is 291 g/mol. The molecule has 0 heterocycles. The molecule has 0 aliphatic rings. The highest BCUT2D eigenvalue weighted by Crippen LogP contribution is 2.32. The molecule has 0 saturated heterocycles. The molecule has 4 nitrogen and oxygen atoms in total. The van der Waals surface area contributed by atoms with Crippen molar-refractivity contribution in [3.8, 4) is 5.75 Å². The number of benzene rings is 1. The minimum atomic E-state index is -4.75. The second-order valence-electron chi connectivity index (χ2n) is 2.70. The summed E-state index contributed by atoms with van der Waals surface area (Å²) in [5.41, 5.74) is 10.4. The Morgan fingerprint density at radius 3 is 2.44 bits per heavy atom. The number of nitrogens with two attached hydrogens (primary N) is 2. The van der Waals surface area contributed by atoms with Gasteiger partial charge >= 0.3 is 6.36 Å². The second kappa shape index (κ2) is 4.60. The lowest BCUT2D eigenvalue weighted by Crippen LogP contribution is -2.22. The third-order valence-electron chi connectivity index (χ3n) is 1.40. The molecule has 88 valence electrons. The average molecular weight is 298 g/mol. The first-order valence-corrected chi connectivity index (χ1v) is 4.72. The number of ether oxygens (including phenoxy) is 1. The molecule has 0 radical (unpaired) electrons. The summed E-state index contributed by atoms with van der Waals surface area (Å²) in [6.45, 7) is 0. The maximum absolute atomic E-state index is 11.9. The molecule has 0 aromatic heterocycles. The number of halogens is 4. The Balaban J connectivity index is 3.03. The Hall–Kier alpha value is -1.44. The van der Waals surface area contributed by atoms with E-state index in [0.29, 0.717) is 4.47 Å². The molecule has 0 aliphatic heterocycles. The van der Waals surface area contributed by atoms with Crippen LogP contribution in [0.2, 0.25) is 0 Å². The first-order valence-electron chi connectivity index (χ1n) is 3.93. The van der Waals surface area contributed by atoms with Gasteiger partial charge in [0.05, 0.1) is 5.69 Å². The molecule has 0 aliphatic carbocycles. The Bertz CT molecular complexity index is 415. The molecule has 0 bridgehead atoms. The van der Waals surface area contributed by atoms with Crippen LogP contribution in [0.4, 0.5) is 18.9 Å². The highest BCUT2D eigenvalue weighted by atomic mass is 79.9. The van der Waals surface area contributed by atoms with Crippen molar-refractivity contribution < 1.29 is 17.9 Å². The van der Waals surface area contributed by atoms with Crippen molar-refractivity contribution in [2.45, 2.75) is 6.36 Å². The van der Waals surface area contributed by atoms with Crippen molar-refractivity contribution in [1.29, 1.82) is 0 Å². The van der Waals surface area contributed by atoms with Gasteiger partial charge in [-0.2, -0.15) is 0 Å². The zero-order valence-electron chi connectivity index (χ0n) is 7.75. The largest absolute Gasteiger partial charge is 0.573 e. The summed E-state index contributed by atoms with van der Waals surface area (Å²) < 4.78 is 39.9. The van der Waals surface area contributed by atoms with E-state index in [9.17, 15) is 13.2 Å². The van der Waals surface area contributed by atoms with Crippen LogP contribution in [-0.2, 0) is 0 Å².